The highest BCUT2D eigenvalue weighted by Gasteiger charge is 2.07. The number of aromatic nitrogens is 1. The van der Waals surface area contributed by atoms with Gasteiger partial charge >= 0.3 is 0 Å². The van der Waals surface area contributed by atoms with E-state index in [1.54, 1.807) is 29.5 Å². The molecule has 0 amide bonds. The van der Waals surface area contributed by atoms with Crippen LogP contribution in [0.15, 0.2) is 29.8 Å². The summed E-state index contributed by atoms with van der Waals surface area (Å²) in [7, 11) is 0. The summed E-state index contributed by atoms with van der Waals surface area (Å²) >= 11 is 1.61. The quantitative estimate of drug-likeness (QED) is 0.736. The summed E-state index contributed by atoms with van der Waals surface area (Å²) in [6.45, 7) is 2.98. The predicted octanol–water partition coefficient (Wildman–Crippen LogP) is 2.62. The minimum atomic E-state index is -0.674. The molecule has 1 heterocycles. The number of rotatable bonds is 8. The fraction of sp³-hybridized carbons (Fsp3) is 0.400. The van der Waals surface area contributed by atoms with Crippen molar-refractivity contribution in [2.75, 3.05) is 25.1 Å². The van der Waals surface area contributed by atoms with Crippen LogP contribution in [0.1, 0.15) is 10.6 Å². The smallest absolute Gasteiger partial charge is 0.146 e. The molecule has 1 atom stereocenters. The molecule has 2 rings (SSSR count). The normalized spacial score (nSPS) is 12.3. The minimum absolute atomic E-state index is 0.222. The number of anilines is 1. The largest absolute Gasteiger partial charge is 0.389 e. The van der Waals surface area contributed by atoms with E-state index < -0.39 is 6.10 Å². The summed E-state index contributed by atoms with van der Waals surface area (Å²) in [6.07, 6.45) is 0.122. The zero-order valence-corrected chi connectivity index (χ0v) is 12.7. The van der Waals surface area contributed by atoms with Crippen molar-refractivity contribution in [2.24, 2.45) is 0 Å². The van der Waals surface area contributed by atoms with Crippen LogP contribution in [0.5, 0.6) is 0 Å². The van der Waals surface area contributed by atoms with E-state index in [0.29, 0.717) is 12.3 Å². The number of aryl methyl sites for hydroxylation is 1. The number of aliphatic hydroxyl groups excluding tert-OH is 1. The number of halogens is 1. The molecule has 0 fully saturated rings. The lowest BCUT2D eigenvalue weighted by Gasteiger charge is -2.13. The lowest BCUT2D eigenvalue weighted by molar-refractivity contribution is 0.0449. The van der Waals surface area contributed by atoms with Crippen LogP contribution in [0.3, 0.4) is 0 Å². The van der Waals surface area contributed by atoms with E-state index in [0.717, 1.165) is 12.1 Å². The maximum atomic E-state index is 13.4. The number of benzene rings is 1. The van der Waals surface area contributed by atoms with Gasteiger partial charge in [-0.15, -0.1) is 11.3 Å². The van der Waals surface area contributed by atoms with E-state index in [9.17, 15) is 9.50 Å². The van der Waals surface area contributed by atoms with Crippen molar-refractivity contribution in [2.45, 2.75) is 19.4 Å². The SMILES string of the molecule is Cc1ncsc1CCOCC(O)CNc1ccccc1F. The molecule has 0 saturated heterocycles. The summed E-state index contributed by atoms with van der Waals surface area (Å²) < 4.78 is 18.8. The first-order chi connectivity index (χ1) is 10.2. The van der Waals surface area contributed by atoms with E-state index in [1.165, 1.54) is 10.9 Å². The maximum absolute atomic E-state index is 13.4. The summed E-state index contributed by atoms with van der Waals surface area (Å²) in [5.41, 5.74) is 3.24. The van der Waals surface area contributed by atoms with E-state index in [-0.39, 0.29) is 19.0 Å². The van der Waals surface area contributed by atoms with Crippen LogP contribution < -0.4 is 5.32 Å². The second-order valence-corrected chi connectivity index (χ2v) is 5.64. The second-order valence-electron chi connectivity index (χ2n) is 4.70. The number of nitrogens with one attached hydrogen (secondary N) is 1. The third-order valence-electron chi connectivity index (χ3n) is 3.03. The Morgan fingerprint density at radius 3 is 2.95 bits per heavy atom. The molecule has 1 unspecified atom stereocenters. The highest BCUT2D eigenvalue weighted by molar-refractivity contribution is 7.09. The van der Waals surface area contributed by atoms with E-state index in [4.69, 9.17) is 4.74 Å². The fourth-order valence-electron chi connectivity index (χ4n) is 1.84. The van der Waals surface area contributed by atoms with Crippen LogP contribution in [0, 0.1) is 12.7 Å². The molecule has 21 heavy (non-hydrogen) atoms. The lowest BCUT2D eigenvalue weighted by atomic mass is 10.3. The summed E-state index contributed by atoms with van der Waals surface area (Å²) in [4.78, 5) is 5.37. The standard InChI is InChI=1S/C15H19FN2O2S/c1-11-15(21-10-18-11)6-7-20-9-12(19)8-17-14-5-3-2-4-13(14)16/h2-5,10,12,17,19H,6-9H2,1H3. The first-order valence-electron chi connectivity index (χ1n) is 6.80. The molecular weight excluding hydrogens is 291 g/mol. The Kier molecular flexibility index (Phi) is 6.10. The van der Waals surface area contributed by atoms with Gasteiger partial charge < -0.3 is 15.2 Å². The van der Waals surface area contributed by atoms with Crippen molar-refractivity contribution in [3.05, 3.63) is 46.2 Å². The van der Waals surface area contributed by atoms with Crippen molar-refractivity contribution in [3.63, 3.8) is 0 Å². The second kappa shape index (κ2) is 8.07. The van der Waals surface area contributed by atoms with Gasteiger partial charge in [-0.25, -0.2) is 9.37 Å². The van der Waals surface area contributed by atoms with Crippen LogP contribution in [0.4, 0.5) is 10.1 Å². The van der Waals surface area contributed by atoms with Crippen LogP contribution >= 0.6 is 11.3 Å². The Hall–Kier alpha value is -1.50. The Bertz CT molecular complexity index is 562. The molecule has 1 aromatic heterocycles. The molecule has 114 valence electrons. The zero-order valence-electron chi connectivity index (χ0n) is 11.9. The van der Waals surface area contributed by atoms with E-state index >= 15 is 0 Å². The predicted molar refractivity (Wildman–Crippen MR) is 82.3 cm³/mol. The number of thiazole rings is 1. The minimum Gasteiger partial charge on any atom is -0.389 e. The number of hydrogen-bond acceptors (Lipinski definition) is 5. The molecule has 0 spiro atoms. The van der Waals surface area contributed by atoms with Gasteiger partial charge in [0.25, 0.3) is 0 Å². The molecule has 4 nitrogen and oxygen atoms in total. The topological polar surface area (TPSA) is 54.4 Å². The van der Waals surface area contributed by atoms with Crippen LogP contribution in [0.2, 0.25) is 0 Å². The van der Waals surface area contributed by atoms with Gasteiger partial charge in [-0.2, -0.15) is 0 Å². The van der Waals surface area contributed by atoms with Gasteiger partial charge in [-0.3, -0.25) is 0 Å². The van der Waals surface area contributed by atoms with Gasteiger partial charge in [0.2, 0.25) is 0 Å². The number of para-hydroxylation sites is 1. The van der Waals surface area contributed by atoms with Crippen LogP contribution in [-0.4, -0.2) is 36.0 Å². The summed E-state index contributed by atoms with van der Waals surface area (Å²) in [5.74, 6) is -0.328. The van der Waals surface area contributed by atoms with Crippen LogP contribution in [-0.2, 0) is 11.2 Å². The molecule has 0 aliphatic carbocycles. The highest BCUT2D eigenvalue weighted by atomic mass is 32.1. The summed E-state index contributed by atoms with van der Waals surface area (Å²) in [6, 6.07) is 6.38. The van der Waals surface area contributed by atoms with Gasteiger partial charge in [0, 0.05) is 17.8 Å². The van der Waals surface area contributed by atoms with E-state index in [2.05, 4.69) is 10.3 Å². The van der Waals surface area contributed by atoms with Gasteiger partial charge in [0.1, 0.15) is 5.82 Å². The van der Waals surface area contributed by atoms with Gasteiger partial charge in [0.15, 0.2) is 0 Å². The van der Waals surface area contributed by atoms with Crippen molar-refractivity contribution < 1.29 is 14.2 Å². The zero-order chi connectivity index (χ0) is 15.1. The molecular formula is C15H19FN2O2S. The molecule has 0 saturated carbocycles. The van der Waals surface area contributed by atoms with Crippen molar-refractivity contribution in [1.29, 1.82) is 0 Å². The molecule has 0 radical (unpaired) electrons. The molecule has 2 aromatic rings. The van der Waals surface area contributed by atoms with Gasteiger partial charge in [-0.05, 0) is 19.1 Å². The van der Waals surface area contributed by atoms with Crippen molar-refractivity contribution >= 4 is 17.0 Å². The Morgan fingerprint density at radius 1 is 1.43 bits per heavy atom. The maximum Gasteiger partial charge on any atom is 0.146 e. The average molecular weight is 310 g/mol. The third kappa shape index (κ3) is 5.08. The monoisotopic (exact) mass is 310 g/mol. The molecule has 0 aliphatic heterocycles. The first kappa shape index (κ1) is 15.9. The molecule has 2 N–H and O–H groups in total. The number of ether oxygens (including phenoxy) is 1. The highest BCUT2D eigenvalue weighted by Crippen LogP contribution is 2.13. The van der Waals surface area contributed by atoms with Gasteiger partial charge in [-0.1, -0.05) is 12.1 Å². The lowest BCUT2D eigenvalue weighted by Crippen LogP contribution is -2.25. The van der Waals surface area contributed by atoms with Gasteiger partial charge in [0.05, 0.1) is 36.2 Å². The van der Waals surface area contributed by atoms with Crippen molar-refractivity contribution in [1.82, 2.24) is 4.98 Å². The Labute approximate surface area is 127 Å². The van der Waals surface area contributed by atoms with Crippen LogP contribution in [0.25, 0.3) is 0 Å². The Balaban J connectivity index is 1.63. The molecule has 1 aromatic carbocycles. The summed E-state index contributed by atoms with van der Waals surface area (Å²) in [5, 5.41) is 12.7. The van der Waals surface area contributed by atoms with Crippen molar-refractivity contribution in [3.8, 4) is 0 Å². The fourth-order valence-corrected chi connectivity index (χ4v) is 2.60. The number of aliphatic hydroxyl groups is 1. The first-order valence-corrected chi connectivity index (χ1v) is 7.68. The Morgan fingerprint density at radius 2 is 2.24 bits per heavy atom. The molecule has 0 aliphatic rings. The third-order valence-corrected chi connectivity index (χ3v) is 4.03. The molecule has 0 bridgehead atoms. The average Bonchev–Trinajstić information content (AvgIpc) is 2.88. The number of hydrogen-bond donors (Lipinski definition) is 2. The number of nitrogens with zero attached hydrogens (tertiary/aromatic N) is 1. The molecule has 6 heteroatoms. The van der Waals surface area contributed by atoms with E-state index in [1.807, 2.05) is 12.4 Å².